The smallest absolute Gasteiger partial charge is 0.229 e. The predicted octanol–water partition coefficient (Wildman–Crippen LogP) is 3.50. The molecule has 6 heteroatoms. The molecule has 1 aromatic carbocycles. The highest BCUT2D eigenvalue weighted by molar-refractivity contribution is 6.02. The summed E-state index contributed by atoms with van der Waals surface area (Å²) in [7, 11) is 0. The number of hydrogen-bond acceptors (Lipinski definition) is 5. The molecule has 0 saturated carbocycles. The Kier molecular flexibility index (Phi) is 4.71. The molecule has 3 aromatic rings. The molecule has 27 heavy (non-hydrogen) atoms. The summed E-state index contributed by atoms with van der Waals surface area (Å²) in [5.74, 6) is 0.813. The highest BCUT2D eigenvalue weighted by Crippen LogP contribution is 2.26. The van der Waals surface area contributed by atoms with Crippen molar-refractivity contribution in [1.82, 2.24) is 15.2 Å². The molecule has 3 heterocycles. The maximum absolute atomic E-state index is 13.0. The molecule has 1 N–H and O–H groups in total. The van der Waals surface area contributed by atoms with E-state index in [1.807, 2.05) is 56.3 Å². The van der Waals surface area contributed by atoms with Gasteiger partial charge in [0.25, 0.3) is 0 Å². The lowest BCUT2D eigenvalue weighted by Gasteiger charge is -2.32. The van der Waals surface area contributed by atoms with E-state index in [1.54, 1.807) is 0 Å². The largest absolute Gasteiger partial charge is 0.354 e. The molecule has 1 aliphatic heterocycles. The number of nitrogens with zero attached hydrogens (tertiary/aromatic N) is 4. The Morgan fingerprint density at radius 2 is 1.96 bits per heavy atom. The van der Waals surface area contributed by atoms with Gasteiger partial charge in [0.15, 0.2) is 5.82 Å². The number of piperidine rings is 1. The topological polar surface area (TPSA) is 71.0 Å². The lowest BCUT2D eigenvalue weighted by atomic mass is 9.97. The fourth-order valence-corrected chi connectivity index (χ4v) is 3.61. The van der Waals surface area contributed by atoms with Crippen LogP contribution < -0.4 is 10.2 Å². The highest BCUT2D eigenvalue weighted by Gasteiger charge is 2.27. The fourth-order valence-electron chi connectivity index (χ4n) is 3.61. The van der Waals surface area contributed by atoms with Crippen LogP contribution in [0.15, 0.2) is 42.5 Å². The second-order valence-corrected chi connectivity index (χ2v) is 7.14. The Labute approximate surface area is 158 Å². The number of hydrogen-bond donors (Lipinski definition) is 1. The van der Waals surface area contributed by atoms with Crippen molar-refractivity contribution in [2.24, 2.45) is 5.92 Å². The minimum absolute atomic E-state index is 0.0514. The second-order valence-electron chi connectivity index (χ2n) is 7.14. The van der Waals surface area contributed by atoms with Crippen molar-refractivity contribution in [3.05, 3.63) is 53.9 Å². The Morgan fingerprint density at radius 3 is 2.78 bits per heavy atom. The number of aryl methyl sites for hydroxylation is 2. The lowest BCUT2D eigenvalue weighted by Crippen LogP contribution is -2.41. The van der Waals surface area contributed by atoms with Crippen molar-refractivity contribution in [1.29, 1.82) is 0 Å². The highest BCUT2D eigenvalue weighted by atomic mass is 16.1. The maximum Gasteiger partial charge on any atom is 0.229 e. The van der Waals surface area contributed by atoms with Crippen LogP contribution >= 0.6 is 0 Å². The number of rotatable bonds is 3. The standard InChI is InChI=1S/C21H23N5O/c1-14-9-10-20(25-24-14)26-11-5-6-16(13-26)21(27)23-19-12-15(2)22-18-8-4-3-7-17(18)19/h3-4,7-10,12,16H,5-6,11,13H2,1-2H3,(H,22,23,27). The summed E-state index contributed by atoms with van der Waals surface area (Å²) in [5.41, 5.74) is 3.51. The van der Waals surface area contributed by atoms with E-state index in [0.29, 0.717) is 6.54 Å². The molecule has 0 spiro atoms. The van der Waals surface area contributed by atoms with Crippen LogP contribution in [0.25, 0.3) is 10.9 Å². The van der Waals surface area contributed by atoms with Crippen LogP contribution in [0.5, 0.6) is 0 Å². The number of aromatic nitrogens is 3. The monoisotopic (exact) mass is 361 g/mol. The normalized spacial score (nSPS) is 17.1. The molecule has 1 aliphatic rings. The van der Waals surface area contributed by atoms with Crippen LogP contribution in [0.4, 0.5) is 11.5 Å². The van der Waals surface area contributed by atoms with Crippen molar-refractivity contribution in [2.75, 3.05) is 23.3 Å². The first-order valence-electron chi connectivity index (χ1n) is 9.33. The van der Waals surface area contributed by atoms with E-state index in [-0.39, 0.29) is 11.8 Å². The van der Waals surface area contributed by atoms with Crippen molar-refractivity contribution >= 4 is 28.3 Å². The van der Waals surface area contributed by atoms with Gasteiger partial charge in [-0.1, -0.05) is 18.2 Å². The third kappa shape index (κ3) is 3.74. The number of benzene rings is 1. The molecule has 0 radical (unpaired) electrons. The number of nitrogens with one attached hydrogen (secondary N) is 1. The second kappa shape index (κ2) is 7.31. The molecule has 1 atom stereocenters. The zero-order chi connectivity index (χ0) is 18.8. The molecule has 0 bridgehead atoms. The molecule has 1 saturated heterocycles. The van der Waals surface area contributed by atoms with E-state index in [9.17, 15) is 4.79 Å². The summed E-state index contributed by atoms with van der Waals surface area (Å²) in [6.45, 7) is 5.43. The van der Waals surface area contributed by atoms with Crippen LogP contribution in [0.3, 0.4) is 0 Å². The first kappa shape index (κ1) is 17.4. The zero-order valence-corrected chi connectivity index (χ0v) is 15.6. The maximum atomic E-state index is 13.0. The SMILES string of the molecule is Cc1ccc(N2CCCC(C(=O)Nc3cc(C)nc4ccccc34)C2)nn1. The molecule has 138 valence electrons. The first-order valence-corrected chi connectivity index (χ1v) is 9.33. The average Bonchev–Trinajstić information content (AvgIpc) is 2.68. The Bertz CT molecular complexity index is 970. The molecule has 1 amide bonds. The lowest BCUT2D eigenvalue weighted by molar-refractivity contribution is -0.120. The molecule has 1 fully saturated rings. The van der Waals surface area contributed by atoms with Gasteiger partial charge in [-0.3, -0.25) is 9.78 Å². The van der Waals surface area contributed by atoms with Gasteiger partial charge in [-0.15, -0.1) is 5.10 Å². The molecule has 0 aliphatic carbocycles. The fraction of sp³-hybridized carbons (Fsp3) is 0.333. The number of carbonyl (C=O) groups is 1. The average molecular weight is 361 g/mol. The number of carbonyl (C=O) groups excluding carboxylic acids is 1. The number of pyridine rings is 1. The van der Waals surface area contributed by atoms with E-state index < -0.39 is 0 Å². The van der Waals surface area contributed by atoms with Crippen molar-refractivity contribution in [2.45, 2.75) is 26.7 Å². The zero-order valence-electron chi connectivity index (χ0n) is 15.6. The van der Waals surface area contributed by atoms with Gasteiger partial charge in [0, 0.05) is 24.2 Å². The molecular formula is C21H23N5O. The summed E-state index contributed by atoms with van der Waals surface area (Å²) < 4.78 is 0. The van der Waals surface area contributed by atoms with Gasteiger partial charge in [0.05, 0.1) is 22.8 Å². The summed E-state index contributed by atoms with van der Waals surface area (Å²) in [6.07, 6.45) is 1.84. The Balaban J connectivity index is 1.52. The van der Waals surface area contributed by atoms with Crippen molar-refractivity contribution < 1.29 is 4.79 Å². The minimum atomic E-state index is -0.0749. The van der Waals surface area contributed by atoms with Crippen LogP contribution in [-0.2, 0) is 4.79 Å². The van der Waals surface area contributed by atoms with E-state index in [0.717, 1.165) is 53.2 Å². The van der Waals surface area contributed by atoms with Gasteiger partial charge in [-0.25, -0.2) is 0 Å². The number of para-hydroxylation sites is 1. The van der Waals surface area contributed by atoms with Gasteiger partial charge in [-0.05, 0) is 51.0 Å². The summed E-state index contributed by atoms with van der Waals surface area (Å²) >= 11 is 0. The number of fused-ring (bicyclic) bond motifs is 1. The molecular weight excluding hydrogens is 338 g/mol. The molecule has 4 rings (SSSR count). The number of anilines is 2. The van der Waals surface area contributed by atoms with E-state index in [2.05, 4.69) is 25.4 Å². The van der Waals surface area contributed by atoms with Gasteiger partial charge >= 0.3 is 0 Å². The Hall–Kier alpha value is -3.02. The van der Waals surface area contributed by atoms with Crippen LogP contribution in [-0.4, -0.2) is 34.2 Å². The van der Waals surface area contributed by atoms with E-state index >= 15 is 0 Å². The van der Waals surface area contributed by atoms with Gasteiger partial charge in [-0.2, -0.15) is 5.10 Å². The quantitative estimate of drug-likeness (QED) is 0.773. The summed E-state index contributed by atoms with van der Waals surface area (Å²) in [5, 5.41) is 12.5. The third-order valence-electron chi connectivity index (χ3n) is 5.00. The van der Waals surface area contributed by atoms with Gasteiger partial charge in [0.2, 0.25) is 5.91 Å². The van der Waals surface area contributed by atoms with Gasteiger partial charge in [0.1, 0.15) is 0 Å². The van der Waals surface area contributed by atoms with Crippen molar-refractivity contribution in [3.8, 4) is 0 Å². The van der Waals surface area contributed by atoms with E-state index in [4.69, 9.17) is 0 Å². The van der Waals surface area contributed by atoms with Crippen molar-refractivity contribution in [3.63, 3.8) is 0 Å². The first-order chi connectivity index (χ1) is 13.1. The number of amides is 1. The Morgan fingerprint density at radius 1 is 1.11 bits per heavy atom. The minimum Gasteiger partial charge on any atom is -0.354 e. The van der Waals surface area contributed by atoms with E-state index in [1.165, 1.54) is 0 Å². The van der Waals surface area contributed by atoms with Crippen LogP contribution in [0.2, 0.25) is 0 Å². The summed E-state index contributed by atoms with van der Waals surface area (Å²) in [6, 6.07) is 13.8. The van der Waals surface area contributed by atoms with Crippen LogP contribution in [0, 0.1) is 19.8 Å². The van der Waals surface area contributed by atoms with Crippen LogP contribution in [0.1, 0.15) is 24.2 Å². The summed E-state index contributed by atoms with van der Waals surface area (Å²) in [4.78, 5) is 19.6. The predicted molar refractivity (Wildman–Crippen MR) is 107 cm³/mol. The molecule has 6 nitrogen and oxygen atoms in total. The molecule has 2 aromatic heterocycles. The molecule has 1 unspecified atom stereocenters. The van der Waals surface area contributed by atoms with Gasteiger partial charge < -0.3 is 10.2 Å². The third-order valence-corrected chi connectivity index (χ3v) is 5.00.